The van der Waals surface area contributed by atoms with E-state index < -0.39 is 5.97 Å². The van der Waals surface area contributed by atoms with Crippen molar-refractivity contribution in [3.8, 4) is 0 Å². The Bertz CT molecular complexity index is 440. The van der Waals surface area contributed by atoms with E-state index in [0.717, 1.165) is 22.5 Å². The van der Waals surface area contributed by atoms with Crippen molar-refractivity contribution >= 4 is 45.0 Å². The second-order valence-corrected chi connectivity index (χ2v) is 5.93. The van der Waals surface area contributed by atoms with Crippen molar-refractivity contribution in [2.45, 2.75) is 6.92 Å². The number of aromatic carboxylic acids is 1. The number of halogens is 1. The monoisotopic (exact) mass is 332 g/mol. The van der Waals surface area contributed by atoms with E-state index in [-0.39, 0.29) is 11.3 Å². The topological polar surface area (TPSA) is 75.3 Å². The Hall–Kier alpha value is -0.880. The molecular formula is C12H17BrN2O2S. The maximum atomic E-state index is 11.0. The van der Waals surface area contributed by atoms with Gasteiger partial charge < -0.3 is 16.2 Å². The van der Waals surface area contributed by atoms with Gasteiger partial charge in [0, 0.05) is 22.4 Å². The number of nitrogens with two attached hydrogens (primary N) is 1. The summed E-state index contributed by atoms with van der Waals surface area (Å²) in [4.78, 5) is 11.0. The Labute approximate surface area is 119 Å². The third-order valence-corrected chi connectivity index (χ3v) is 4.02. The first-order valence-electron chi connectivity index (χ1n) is 5.50. The van der Waals surface area contributed by atoms with Crippen LogP contribution < -0.4 is 11.1 Å². The van der Waals surface area contributed by atoms with Crippen LogP contribution in [-0.2, 0) is 0 Å². The summed E-state index contributed by atoms with van der Waals surface area (Å²) in [5, 5.41) is 12.3. The van der Waals surface area contributed by atoms with E-state index in [1.807, 2.05) is 0 Å². The van der Waals surface area contributed by atoms with E-state index in [4.69, 9.17) is 10.8 Å². The summed E-state index contributed by atoms with van der Waals surface area (Å²) in [6.07, 6.45) is 2.07. The zero-order chi connectivity index (χ0) is 13.7. The number of thioether (sulfide) groups is 1. The van der Waals surface area contributed by atoms with Crippen molar-refractivity contribution in [1.29, 1.82) is 0 Å². The molecule has 0 bridgehead atoms. The average molecular weight is 333 g/mol. The Morgan fingerprint density at radius 3 is 2.83 bits per heavy atom. The number of rotatable bonds is 6. The highest BCUT2D eigenvalue weighted by Gasteiger charge is 2.12. The fourth-order valence-corrected chi connectivity index (χ4v) is 2.73. The van der Waals surface area contributed by atoms with Gasteiger partial charge in [-0.05, 0) is 46.0 Å². The molecule has 0 aliphatic heterocycles. The molecule has 1 atom stereocenters. The van der Waals surface area contributed by atoms with Crippen LogP contribution in [-0.4, -0.2) is 29.6 Å². The van der Waals surface area contributed by atoms with E-state index in [0.29, 0.717) is 5.92 Å². The lowest BCUT2D eigenvalue weighted by Crippen LogP contribution is -2.14. The number of carboxylic acids is 1. The van der Waals surface area contributed by atoms with Gasteiger partial charge in [-0.1, -0.05) is 6.92 Å². The van der Waals surface area contributed by atoms with Gasteiger partial charge in [-0.25, -0.2) is 4.79 Å². The van der Waals surface area contributed by atoms with Crippen LogP contribution in [0.15, 0.2) is 16.6 Å². The van der Waals surface area contributed by atoms with Gasteiger partial charge in [0.15, 0.2) is 0 Å². The predicted octanol–water partition coefficient (Wildman–Crippen LogP) is 3.14. The first kappa shape index (κ1) is 15.2. The zero-order valence-corrected chi connectivity index (χ0v) is 12.8. The molecule has 0 aromatic heterocycles. The van der Waals surface area contributed by atoms with Gasteiger partial charge in [-0.15, -0.1) is 0 Å². The van der Waals surface area contributed by atoms with E-state index in [1.165, 1.54) is 0 Å². The maximum absolute atomic E-state index is 11.0. The minimum atomic E-state index is -1.01. The summed E-state index contributed by atoms with van der Waals surface area (Å²) in [6.45, 7) is 2.94. The number of benzene rings is 1. The molecule has 1 unspecified atom stereocenters. The molecule has 0 saturated carbocycles. The second kappa shape index (κ2) is 6.89. The number of nitrogens with one attached hydrogen (secondary N) is 1. The Morgan fingerprint density at radius 1 is 1.61 bits per heavy atom. The fraction of sp³-hybridized carbons (Fsp3) is 0.417. The van der Waals surface area contributed by atoms with Gasteiger partial charge >= 0.3 is 5.97 Å². The normalized spacial score (nSPS) is 12.2. The van der Waals surface area contributed by atoms with Crippen molar-refractivity contribution in [1.82, 2.24) is 0 Å². The van der Waals surface area contributed by atoms with Crippen LogP contribution in [0.3, 0.4) is 0 Å². The maximum Gasteiger partial charge on any atom is 0.337 e. The molecule has 0 amide bonds. The lowest BCUT2D eigenvalue weighted by molar-refractivity contribution is 0.0698. The predicted molar refractivity (Wildman–Crippen MR) is 81.5 cm³/mol. The third kappa shape index (κ3) is 4.10. The molecule has 4 N–H and O–H groups in total. The minimum Gasteiger partial charge on any atom is -0.478 e. The molecule has 1 aromatic rings. The molecule has 0 spiro atoms. The van der Waals surface area contributed by atoms with Crippen molar-refractivity contribution in [3.63, 3.8) is 0 Å². The zero-order valence-electron chi connectivity index (χ0n) is 10.4. The molecule has 0 aliphatic carbocycles. The molecular weight excluding hydrogens is 316 g/mol. The van der Waals surface area contributed by atoms with Gasteiger partial charge in [0.2, 0.25) is 0 Å². The van der Waals surface area contributed by atoms with E-state index in [9.17, 15) is 4.79 Å². The number of hydrogen-bond donors (Lipinski definition) is 3. The van der Waals surface area contributed by atoms with Gasteiger partial charge in [-0.3, -0.25) is 0 Å². The van der Waals surface area contributed by atoms with Gasteiger partial charge in [0.1, 0.15) is 0 Å². The molecule has 18 heavy (non-hydrogen) atoms. The Kier molecular flexibility index (Phi) is 5.81. The standard InChI is InChI=1S/C12H17BrN2O2S/c1-7(6-18-2)5-15-11-3-8(12(16)17)10(14)4-9(11)13/h3-4,7,15H,5-6,14H2,1-2H3,(H,16,17). The van der Waals surface area contributed by atoms with Crippen LogP contribution in [0.5, 0.6) is 0 Å². The van der Waals surface area contributed by atoms with Crippen molar-refractivity contribution in [2.75, 3.05) is 29.6 Å². The number of carbonyl (C=O) groups is 1. The van der Waals surface area contributed by atoms with E-state index in [2.05, 4.69) is 34.4 Å². The largest absolute Gasteiger partial charge is 0.478 e. The summed E-state index contributed by atoms with van der Waals surface area (Å²) >= 11 is 5.17. The first-order valence-corrected chi connectivity index (χ1v) is 7.69. The fourth-order valence-electron chi connectivity index (χ4n) is 1.54. The Morgan fingerprint density at radius 2 is 2.28 bits per heavy atom. The van der Waals surface area contributed by atoms with E-state index >= 15 is 0 Å². The molecule has 4 nitrogen and oxygen atoms in total. The molecule has 0 saturated heterocycles. The third-order valence-electron chi connectivity index (χ3n) is 2.46. The molecule has 1 rings (SSSR count). The summed E-state index contributed by atoms with van der Waals surface area (Å²) in [6, 6.07) is 3.18. The molecule has 100 valence electrons. The highest BCUT2D eigenvalue weighted by atomic mass is 79.9. The quantitative estimate of drug-likeness (QED) is 0.698. The highest BCUT2D eigenvalue weighted by Crippen LogP contribution is 2.28. The molecule has 6 heteroatoms. The van der Waals surface area contributed by atoms with Crippen LogP contribution in [0.4, 0.5) is 11.4 Å². The Balaban J connectivity index is 2.82. The SMILES string of the molecule is CSCC(C)CNc1cc(C(=O)O)c(N)cc1Br. The highest BCUT2D eigenvalue weighted by molar-refractivity contribution is 9.10. The number of nitrogen functional groups attached to an aromatic ring is 1. The smallest absolute Gasteiger partial charge is 0.337 e. The summed E-state index contributed by atoms with van der Waals surface area (Å²) in [5.74, 6) is 0.559. The van der Waals surface area contributed by atoms with Crippen molar-refractivity contribution < 1.29 is 9.90 Å². The van der Waals surface area contributed by atoms with Crippen molar-refractivity contribution in [2.24, 2.45) is 5.92 Å². The molecule has 0 radical (unpaired) electrons. The summed E-state index contributed by atoms with van der Waals surface area (Å²) in [7, 11) is 0. The number of hydrogen-bond acceptors (Lipinski definition) is 4. The second-order valence-electron chi connectivity index (χ2n) is 4.17. The van der Waals surface area contributed by atoms with Gasteiger partial charge in [-0.2, -0.15) is 11.8 Å². The van der Waals surface area contributed by atoms with Gasteiger partial charge in [0.05, 0.1) is 5.56 Å². The molecule has 0 fully saturated rings. The molecule has 0 aliphatic rings. The minimum absolute atomic E-state index is 0.123. The lowest BCUT2D eigenvalue weighted by Gasteiger charge is -2.15. The van der Waals surface area contributed by atoms with Crippen molar-refractivity contribution in [3.05, 3.63) is 22.2 Å². The summed E-state index contributed by atoms with van der Waals surface area (Å²) in [5.41, 5.74) is 6.80. The van der Waals surface area contributed by atoms with Crippen LogP contribution in [0.1, 0.15) is 17.3 Å². The first-order chi connectivity index (χ1) is 8.45. The number of anilines is 2. The summed E-state index contributed by atoms with van der Waals surface area (Å²) < 4.78 is 0.779. The van der Waals surface area contributed by atoms with Crippen LogP contribution in [0, 0.1) is 5.92 Å². The number of carboxylic acid groups (broad SMARTS) is 1. The van der Waals surface area contributed by atoms with Crippen LogP contribution in [0.2, 0.25) is 0 Å². The van der Waals surface area contributed by atoms with Crippen LogP contribution in [0.25, 0.3) is 0 Å². The average Bonchev–Trinajstić information content (AvgIpc) is 2.27. The van der Waals surface area contributed by atoms with Gasteiger partial charge in [0.25, 0.3) is 0 Å². The molecule has 0 heterocycles. The lowest BCUT2D eigenvalue weighted by atomic mass is 10.1. The van der Waals surface area contributed by atoms with Crippen LogP contribution >= 0.6 is 27.7 Å². The molecule has 1 aromatic carbocycles. The van der Waals surface area contributed by atoms with E-state index in [1.54, 1.807) is 23.9 Å².